The van der Waals surface area contributed by atoms with Gasteiger partial charge in [-0.2, -0.15) is 0 Å². The van der Waals surface area contributed by atoms with Gasteiger partial charge in [0.05, 0.1) is 0 Å². The van der Waals surface area contributed by atoms with Crippen LogP contribution in [0.1, 0.15) is 18.9 Å². The Morgan fingerprint density at radius 2 is 2.30 bits per heavy atom. The highest BCUT2D eigenvalue weighted by atomic mass is 16.2. The molecular formula is C16H19N3O. The molecule has 0 bridgehead atoms. The molecule has 2 N–H and O–H groups in total. The van der Waals surface area contributed by atoms with Crippen molar-refractivity contribution in [1.82, 2.24) is 9.88 Å². The number of hydrogen-bond acceptors (Lipinski definition) is 3. The summed E-state index contributed by atoms with van der Waals surface area (Å²) in [4.78, 5) is 18.1. The highest BCUT2D eigenvalue weighted by Crippen LogP contribution is 2.36. The number of nitrogen functional groups attached to an aromatic ring is 1. The zero-order valence-corrected chi connectivity index (χ0v) is 11.6. The molecule has 0 spiro atoms. The molecule has 2 unspecified atom stereocenters. The Morgan fingerprint density at radius 3 is 3.00 bits per heavy atom. The Morgan fingerprint density at radius 1 is 1.45 bits per heavy atom. The van der Waals surface area contributed by atoms with Crippen LogP contribution in [0, 0.1) is 11.8 Å². The minimum atomic E-state index is 0.0854. The standard InChI is InChI=1S/C16H19N3O/c1-11-6-13-9-19(10-14(13)7-11)16(20)5-3-12-2-4-15(17)18-8-12/h2-6,8,13-14H,7,9-10H2,1H3,(H2,17,18). The highest BCUT2D eigenvalue weighted by Gasteiger charge is 2.36. The number of likely N-dealkylation sites (tertiary alicyclic amines) is 1. The van der Waals surface area contributed by atoms with Crippen LogP contribution < -0.4 is 5.73 Å². The van der Waals surface area contributed by atoms with Gasteiger partial charge in [-0.1, -0.05) is 11.6 Å². The number of pyridine rings is 1. The Hall–Kier alpha value is -2.10. The van der Waals surface area contributed by atoms with Crippen molar-refractivity contribution < 1.29 is 4.79 Å². The summed E-state index contributed by atoms with van der Waals surface area (Å²) in [6, 6.07) is 3.59. The largest absolute Gasteiger partial charge is 0.384 e. The summed E-state index contributed by atoms with van der Waals surface area (Å²) in [5, 5.41) is 0. The number of allylic oxidation sites excluding steroid dienone is 1. The second-order valence-electron chi connectivity index (χ2n) is 5.73. The third-order valence-electron chi connectivity index (χ3n) is 4.11. The van der Waals surface area contributed by atoms with Crippen LogP contribution in [0.3, 0.4) is 0 Å². The molecule has 0 radical (unpaired) electrons. The highest BCUT2D eigenvalue weighted by molar-refractivity contribution is 5.92. The maximum absolute atomic E-state index is 12.2. The molecule has 104 valence electrons. The van der Waals surface area contributed by atoms with E-state index >= 15 is 0 Å². The van der Waals surface area contributed by atoms with E-state index in [9.17, 15) is 4.79 Å². The van der Waals surface area contributed by atoms with Gasteiger partial charge in [0.15, 0.2) is 0 Å². The summed E-state index contributed by atoms with van der Waals surface area (Å²) in [7, 11) is 0. The molecule has 1 aromatic heterocycles. The molecular weight excluding hydrogens is 250 g/mol. The molecule has 1 saturated heterocycles. The third-order valence-corrected chi connectivity index (χ3v) is 4.11. The first-order chi connectivity index (χ1) is 9.61. The van der Waals surface area contributed by atoms with Crippen LogP contribution in [0.5, 0.6) is 0 Å². The smallest absolute Gasteiger partial charge is 0.246 e. The number of nitrogens with two attached hydrogens (primary N) is 1. The lowest BCUT2D eigenvalue weighted by Gasteiger charge is -2.14. The van der Waals surface area contributed by atoms with E-state index in [4.69, 9.17) is 5.73 Å². The lowest BCUT2D eigenvalue weighted by Crippen LogP contribution is -2.27. The zero-order chi connectivity index (χ0) is 14.1. The van der Waals surface area contributed by atoms with Crippen LogP contribution in [0.15, 0.2) is 36.1 Å². The molecule has 2 atom stereocenters. The van der Waals surface area contributed by atoms with Gasteiger partial charge in [-0.3, -0.25) is 4.79 Å². The van der Waals surface area contributed by atoms with Crippen molar-refractivity contribution in [2.75, 3.05) is 18.8 Å². The van der Waals surface area contributed by atoms with Gasteiger partial charge in [0, 0.05) is 25.4 Å². The van der Waals surface area contributed by atoms with Gasteiger partial charge in [-0.25, -0.2) is 4.98 Å². The summed E-state index contributed by atoms with van der Waals surface area (Å²) >= 11 is 0. The van der Waals surface area contributed by atoms with Crippen molar-refractivity contribution in [3.8, 4) is 0 Å². The van der Waals surface area contributed by atoms with Crippen LogP contribution in [0.2, 0.25) is 0 Å². The van der Waals surface area contributed by atoms with Crippen LogP contribution in [0.25, 0.3) is 6.08 Å². The molecule has 1 aromatic rings. The summed E-state index contributed by atoms with van der Waals surface area (Å²) < 4.78 is 0. The van der Waals surface area contributed by atoms with E-state index in [0.717, 1.165) is 25.1 Å². The predicted molar refractivity (Wildman–Crippen MR) is 79.6 cm³/mol. The minimum Gasteiger partial charge on any atom is -0.384 e. The summed E-state index contributed by atoms with van der Waals surface area (Å²) in [6.45, 7) is 3.91. The Kier molecular flexibility index (Phi) is 3.30. The first-order valence-electron chi connectivity index (χ1n) is 6.97. The average Bonchev–Trinajstić information content (AvgIpc) is 2.95. The predicted octanol–water partition coefficient (Wildman–Crippen LogP) is 2.10. The van der Waals surface area contributed by atoms with Crippen LogP contribution in [-0.4, -0.2) is 28.9 Å². The van der Waals surface area contributed by atoms with E-state index in [1.165, 1.54) is 5.57 Å². The van der Waals surface area contributed by atoms with Gasteiger partial charge in [-0.15, -0.1) is 0 Å². The number of aromatic nitrogens is 1. The maximum atomic E-state index is 12.2. The van der Waals surface area contributed by atoms with Gasteiger partial charge in [0.1, 0.15) is 5.82 Å². The Balaban J connectivity index is 1.62. The Labute approximate surface area is 119 Å². The molecule has 4 heteroatoms. The van der Waals surface area contributed by atoms with E-state index in [1.54, 1.807) is 24.4 Å². The fourth-order valence-corrected chi connectivity index (χ4v) is 3.12. The maximum Gasteiger partial charge on any atom is 0.246 e. The van der Waals surface area contributed by atoms with Crippen LogP contribution in [-0.2, 0) is 4.79 Å². The van der Waals surface area contributed by atoms with Gasteiger partial charge >= 0.3 is 0 Å². The van der Waals surface area contributed by atoms with Gasteiger partial charge in [0.2, 0.25) is 5.91 Å². The monoisotopic (exact) mass is 269 g/mol. The van der Waals surface area contributed by atoms with Gasteiger partial charge in [-0.05, 0) is 49.0 Å². The van der Waals surface area contributed by atoms with Crippen LogP contribution >= 0.6 is 0 Å². The molecule has 20 heavy (non-hydrogen) atoms. The summed E-state index contributed by atoms with van der Waals surface area (Å²) in [5.74, 6) is 1.77. The molecule has 0 saturated carbocycles. The van der Waals surface area contributed by atoms with E-state index in [0.29, 0.717) is 17.7 Å². The molecule has 4 nitrogen and oxygen atoms in total. The van der Waals surface area contributed by atoms with E-state index in [2.05, 4.69) is 18.0 Å². The van der Waals surface area contributed by atoms with Gasteiger partial charge in [0.25, 0.3) is 0 Å². The molecule has 2 aliphatic rings. The molecule has 1 amide bonds. The van der Waals surface area contributed by atoms with Crippen molar-refractivity contribution in [3.05, 3.63) is 41.6 Å². The molecule has 1 aliphatic carbocycles. The minimum absolute atomic E-state index is 0.0854. The lowest BCUT2D eigenvalue weighted by atomic mass is 10.00. The second-order valence-corrected chi connectivity index (χ2v) is 5.73. The fourth-order valence-electron chi connectivity index (χ4n) is 3.12. The first-order valence-corrected chi connectivity index (χ1v) is 6.97. The number of anilines is 1. The average molecular weight is 269 g/mol. The molecule has 3 rings (SSSR count). The molecule has 0 aromatic carbocycles. The SMILES string of the molecule is CC1=CC2CN(C(=O)C=Cc3ccc(N)nc3)CC2C1. The van der Waals surface area contributed by atoms with E-state index < -0.39 is 0 Å². The molecule has 1 aliphatic heterocycles. The number of rotatable bonds is 2. The van der Waals surface area contributed by atoms with Gasteiger partial charge < -0.3 is 10.6 Å². The second kappa shape index (κ2) is 5.12. The van der Waals surface area contributed by atoms with Crippen molar-refractivity contribution in [2.45, 2.75) is 13.3 Å². The normalized spacial score (nSPS) is 25.1. The number of carbonyl (C=O) groups is 1. The van der Waals surface area contributed by atoms with E-state index in [-0.39, 0.29) is 5.91 Å². The number of amides is 1. The fraction of sp³-hybridized carbons (Fsp3) is 0.375. The molecule has 2 heterocycles. The molecule has 1 fully saturated rings. The number of hydrogen-bond donors (Lipinski definition) is 1. The van der Waals surface area contributed by atoms with Crippen molar-refractivity contribution >= 4 is 17.8 Å². The Bertz CT molecular complexity index is 574. The summed E-state index contributed by atoms with van der Waals surface area (Å²) in [5.41, 5.74) is 7.89. The van der Waals surface area contributed by atoms with Crippen LogP contribution in [0.4, 0.5) is 5.82 Å². The number of fused-ring (bicyclic) bond motifs is 1. The zero-order valence-electron chi connectivity index (χ0n) is 11.6. The summed E-state index contributed by atoms with van der Waals surface area (Å²) in [6.07, 6.45) is 8.56. The third kappa shape index (κ3) is 2.59. The van der Waals surface area contributed by atoms with Crippen molar-refractivity contribution in [2.24, 2.45) is 11.8 Å². The quantitative estimate of drug-likeness (QED) is 0.660. The number of carbonyl (C=O) groups excluding carboxylic acids is 1. The van der Waals surface area contributed by atoms with E-state index in [1.807, 2.05) is 11.0 Å². The first kappa shape index (κ1) is 12.9. The van der Waals surface area contributed by atoms with Crippen molar-refractivity contribution in [1.29, 1.82) is 0 Å². The lowest BCUT2D eigenvalue weighted by molar-refractivity contribution is -0.125. The van der Waals surface area contributed by atoms with Crippen molar-refractivity contribution in [3.63, 3.8) is 0 Å². The topological polar surface area (TPSA) is 59.2 Å². The number of nitrogens with zero attached hydrogens (tertiary/aromatic N) is 2.